The SMILES string of the molecule is CC.CC1CCC(C)(C(C)C)C1. The maximum Gasteiger partial charge on any atom is -0.0300 e. The maximum atomic E-state index is 2.45. The minimum Gasteiger partial charge on any atom is -0.0683 e. The Hall–Kier alpha value is 0. The van der Waals surface area contributed by atoms with Gasteiger partial charge in [0, 0.05) is 0 Å². The molecule has 0 amide bonds. The zero-order valence-corrected chi connectivity index (χ0v) is 9.78. The van der Waals surface area contributed by atoms with Crippen molar-refractivity contribution in [2.24, 2.45) is 17.3 Å². The van der Waals surface area contributed by atoms with Crippen molar-refractivity contribution in [1.29, 1.82) is 0 Å². The molecule has 0 spiro atoms. The Morgan fingerprint density at radius 1 is 1.25 bits per heavy atom. The second kappa shape index (κ2) is 4.89. The molecule has 2 unspecified atom stereocenters. The molecule has 0 bridgehead atoms. The molecule has 0 aromatic heterocycles. The van der Waals surface area contributed by atoms with Gasteiger partial charge >= 0.3 is 0 Å². The summed E-state index contributed by atoms with van der Waals surface area (Å²) in [7, 11) is 0. The molecule has 2 atom stereocenters. The maximum absolute atomic E-state index is 2.45. The van der Waals surface area contributed by atoms with Crippen LogP contribution in [0.5, 0.6) is 0 Å². The van der Waals surface area contributed by atoms with E-state index < -0.39 is 0 Å². The van der Waals surface area contributed by atoms with Crippen molar-refractivity contribution in [3.8, 4) is 0 Å². The molecule has 0 heterocycles. The lowest BCUT2D eigenvalue weighted by atomic mass is 9.77. The fraction of sp³-hybridized carbons (Fsp3) is 1.00. The fourth-order valence-electron chi connectivity index (χ4n) is 2.10. The summed E-state index contributed by atoms with van der Waals surface area (Å²) in [5.74, 6) is 1.85. The summed E-state index contributed by atoms with van der Waals surface area (Å²) in [4.78, 5) is 0. The molecule has 0 N–H and O–H groups in total. The van der Waals surface area contributed by atoms with Crippen LogP contribution in [0.1, 0.15) is 60.8 Å². The van der Waals surface area contributed by atoms with Gasteiger partial charge in [0.15, 0.2) is 0 Å². The molecule has 12 heavy (non-hydrogen) atoms. The molecule has 1 fully saturated rings. The first-order valence-electron chi connectivity index (χ1n) is 5.54. The quantitative estimate of drug-likeness (QED) is 0.543. The molecule has 0 heteroatoms. The Balaban J connectivity index is 0.000000561. The van der Waals surface area contributed by atoms with E-state index in [0.29, 0.717) is 5.41 Å². The van der Waals surface area contributed by atoms with Crippen LogP contribution in [0, 0.1) is 17.3 Å². The Labute approximate surface area is 78.8 Å². The average molecular weight is 170 g/mol. The Kier molecular flexibility index (Phi) is 4.89. The smallest absolute Gasteiger partial charge is 0.0300 e. The van der Waals surface area contributed by atoms with Crippen LogP contribution in [-0.4, -0.2) is 0 Å². The number of hydrogen-bond donors (Lipinski definition) is 0. The molecule has 0 radical (unpaired) electrons. The van der Waals surface area contributed by atoms with E-state index >= 15 is 0 Å². The van der Waals surface area contributed by atoms with Crippen molar-refractivity contribution in [3.63, 3.8) is 0 Å². The summed E-state index contributed by atoms with van der Waals surface area (Å²) in [5.41, 5.74) is 0.666. The molecule has 1 aliphatic carbocycles. The highest BCUT2D eigenvalue weighted by atomic mass is 14.4. The standard InChI is InChI=1S/C10H20.C2H6/c1-8(2)10(4)6-5-9(3)7-10;1-2/h8-9H,5-7H2,1-4H3;1-2H3. The van der Waals surface area contributed by atoms with Gasteiger partial charge in [-0.25, -0.2) is 0 Å². The predicted molar refractivity (Wildman–Crippen MR) is 57.3 cm³/mol. The topological polar surface area (TPSA) is 0 Å². The van der Waals surface area contributed by atoms with E-state index in [1.54, 1.807) is 0 Å². The van der Waals surface area contributed by atoms with Crippen LogP contribution < -0.4 is 0 Å². The summed E-state index contributed by atoms with van der Waals surface area (Å²) < 4.78 is 0. The van der Waals surface area contributed by atoms with E-state index in [-0.39, 0.29) is 0 Å². The van der Waals surface area contributed by atoms with Gasteiger partial charge in [-0.2, -0.15) is 0 Å². The van der Waals surface area contributed by atoms with Gasteiger partial charge in [-0.15, -0.1) is 0 Å². The van der Waals surface area contributed by atoms with Gasteiger partial charge in [-0.1, -0.05) is 48.0 Å². The normalized spacial score (nSPS) is 34.8. The molecule has 0 aromatic rings. The summed E-state index contributed by atoms with van der Waals surface area (Å²) in [6, 6.07) is 0. The lowest BCUT2D eigenvalue weighted by Crippen LogP contribution is -2.19. The van der Waals surface area contributed by atoms with Gasteiger partial charge in [-0.05, 0) is 30.1 Å². The van der Waals surface area contributed by atoms with E-state index in [0.717, 1.165) is 11.8 Å². The second-order valence-electron chi connectivity index (χ2n) is 4.66. The largest absolute Gasteiger partial charge is 0.0683 e. The van der Waals surface area contributed by atoms with Crippen molar-refractivity contribution in [2.75, 3.05) is 0 Å². The summed E-state index contributed by atoms with van der Waals surface area (Å²) in [6.07, 6.45) is 4.35. The van der Waals surface area contributed by atoms with E-state index in [9.17, 15) is 0 Å². The van der Waals surface area contributed by atoms with Gasteiger partial charge in [0.05, 0.1) is 0 Å². The highest BCUT2D eigenvalue weighted by Crippen LogP contribution is 2.46. The zero-order chi connectivity index (χ0) is 9.78. The van der Waals surface area contributed by atoms with Crippen LogP contribution in [0.2, 0.25) is 0 Å². The molecule has 0 nitrogen and oxygen atoms in total. The van der Waals surface area contributed by atoms with Gasteiger partial charge in [0.2, 0.25) is 0 Å². The lowest BCUT2D eigenvalue weighted by Gasteiger charge is -2.28. The highest BCUT2D eigenvalue weighted by Gasteiger charge is 2.35. The van der Waals surface area contributed by atoms with Crippen LogP contribution in [0.4, 0.5) is 0 Å². The lowest BCUT2D eigenvalue weighted by molar-refractivity contribution is 0.220. The Morgan fingerprint density at radius 2 is 1.75 bits per heavy atom. The fourth-order valence-corrected chi connectivity index (χ4v) is 2.10. The highest BCUT2D eigenvalue weighted by molar-refractivity contribution is 4.85. The number of hydrogen-bond acceptors (Lipinski definition) is 0. The van der Waals surface area contributed by atoms with Crippen molar-refractivity contribution in [1.82, 2.24) is 0 Å². The molecule has 0 saturated heterocycles. The molecule has 74 valence electrons. The molecule has 0 aliphatic heterocycles. The minimum atomic E-state index is 0.666. The molecular formula is C12H26. The van der Waals surface area contributed by atoms with Crippen molar-refractivity contribution in [3.05, 3.63) is 0 Å². The third kappa shape index (κ3) is 2.80. The third-order valence-electron chi connectivity index (χ3n) is 3.42. The predicted octanol–water partition coefficient (Wildman–Crippen LogP) is 4.49. The van der Waals surface area contributed by atoms with Crippen molar-refractivity contribution in [2.45, 2.75) is 60.8 Å². The second-order valence-corrected chi connectivity index (χ2v) is 4.66. The van der Waals surface area contributed by atoms with E-state index in [1.165, 1.54) is 19.3 Å². The third-order valence-corrected chi connectivity index (χ3v) is 3.42. The van der Waals surface area contributed by atoms with Crippen molar-refractivity contribution >= 4 is 0 Å². The van der Waals surface area contributed by atoms with E-state index in [1.807, 2.05) is 13.8 Å². The summed E-state index contributed by atoms with van der Waals surface area (Å²) >= 11 is 0. The average Bonchev–Trinajstić information content (AvgIpc) is 2.37. The van der Waals surface area contributed by atoms with Gasteiger partial charge in [-0.3, -0.25) is 0 Å². The van der Waals surface area contributed by atoms with Gasteiger partial charge in [0.25, 0.3) is 0 Å². The van der Waals surface area contributed by atoms with Crippen LogP contribution in [-0.2, 0) is 0 Å². The monoisotopic (exact) mass is 170 g/mol. The minimum absolute atomic E-state index is 0.666. The first-order valence-corrected chi connectivity index (χ1v) is 5.54. The Morgan fingerprint density at radius 3 is 1.92 bits per heavy atom. The van der Waals surface area contributed by atoms with Crippen LogP contribution in [0.25, 0.3) is 0 Å². The first-order chi connectivity index (χ1) is 5.54. The summed E-state index contributed by atoms with van der Waals surface area (Å²) in [5, 5.41) is 0. The van der Waals surface area contributed by atoms with Gasteiger partial charge in [0.1, 0.15) is 0 Å². The first kappa shape index (κ1) is 12.0. The van der Waals surface area contributed by atoms with Crippen LogP contribution in [0.3, 0.4) is 0 Å². The molecule has 0 aromatic carbocycles. The van der Waals surface area contributed by atoms with Gasteiger partial charge < -0.3 is 0 Å². The molecule has 1 rings (SSSR count). The van der Waals surface area contributed by atoms with Crippen LogP contribution in [0.15, 0.2) is 0 Å². The molecule has 1 saturated carbocycles. The van der Waals surface area contributed by atoms with E-state index in [2.05, 4.69) is 27.7 Å². The molecular weight excluding hydrogens is 144 g/mol. The van der Waals surface area contributed by atoms with Crippen LogP contribution >= 0.6 is 0 Å². The zero-order valence-electron chi connectivity index (χ0n) is 9.78. The van der Waals surface area contributed by atoms with E-state index in [4.69, 9.17) is 0 Å². The molecule has 1 aliphatic rings. The number of rotatable bonds is 1. The Bertz CT molecular complexity index is 115. The summed E-state index contributed by atoms with van der Waals surface area (Å²) in [6.45, 7) is 13.5. The van der Waals surface area contributed by atoms with Crippen molar-refractivity contribution < 1.29 is 0 Å².